The first-order chi connectivity index (χ1) is 9.80. The molecule has 0 aliphatic rings. The zero-order valence-corrected chi connectivity index (χ0v) is 16.6. The third-order valence-electron chi connectivity index (χ3n) is 4.30. The molecular weight excluding hydrogens is 264 g/mol. The molecule has 0 atom stereocenters. The van der Waals surface area contributed by atoms with Gasteiger partial charge in [-0.2, -0.15) is 0 Å². The van der Waals surface area contributed by atoms with Crippen LogP contribution in [0.15, 0.2) is 12.1 Å². The lowest BCUT2D eigenvalue weighted by Crippen LogP contribution is -2.29. The highest BCUT2D eigenvalue weighted by molar-refractivity contribution is 5.51. The molecule has 0 saturated carbocycles. The molecule has 0 unspecified atom stereocenters. The van der Waals surface area contributed by atoms with Gasteiger partial charge in [0.25, 0.3) is 0 Å². The third-order valence-corrected chi connectivity index (χ3v) is 4.30. The van der Waals surface area contributed by atoms with Crippen molar-refractivity contribution in [1.82, 2.24) is 0 Å². The van der Waals surface area contributed by atoms with Crippen LogP contribution in [-0.2, 0) is 22.7 Å². The van der Waals surface area contributed by atoms with Crippen LogP contribution in [0.1, 0.15) is 97.9 Å². The summed E-state index contributed by atoms with van der Waals surface area (Å²) in [6.07, 6.45) is 4.58. The summed E-state index contributed by atoms with van der Waals surface area (Å²) >= 11 is 0. The zero-order valence-electron chi connectivity index (χ0n) is 16.6. The molecule has 1 rings (SSSR count). The number of benzene rings is 1. The second-order valence-corrected chi connectivity index (χ2v) is 9.72. The van der Waals surface area contributed by atoms with E-state index >= 15 is 0 Å². The number of hydrogen-bond acceptors (Lipinski definition) is 0. The second-order valence-electron chi connectivity index (χ2n) is 9.72. The van der Waals surface area contributed by atoms with E-state index in [-0.39, 0.29) is 16.2 Å². The molecular formula is C22H37. The van der Waals surface area contributed by atoms with Gasteiger partial charge in [-0.15, -0.1) is 0 Å². The molecule has 0 nitrogen and oxygen atoms in total. The average molecular weight is 302 g/mol. The molecule has 0 bridgehead atoms. The summed E-state index contributed by atoms with van der Waals surface area (Å²) in [6, 6.07) is 4.78. The van der Waals surface area contributed by atoms with Gasteiger partial charge in [-0.05, 0) is 57.8 Å². The molecule has 0 saturated heterocycles. The van der Waals surface area contributed by atoms with E-state index in [9.17, 15) is 0 Å². The predicted molar refractivity (Wildman–Crippen MR) is 101 cm³/mol. The number of rotatable bonds is 3. The van der Waals surface area contributed by atoms with Crippen LogP contribution in [-0.4, -0.2) is 0 Å². The summed E-state index contributed by atoms with van der Waals surface area (Å²) in [4.78, 5) is 0. The number of aryl methyl sites for hydroxylation is 1. The Bertz CT molecular complexity index is 499. The Hall–Kier alpha value is -0.780. The minimum atomic E-state index is 0.164. The molecule has 0 heterocycles. The van der Waals surface area contributed by atoms with Gasteiger partial charge in [-0.3, -0.25) is 0 Å². The van der Waals surface area contributed by atoms with E-state index in [0.29, 0.717) is 0 Å². The van der Waals surface area contributed by atoms with Crippen LogP contribution in [0.5, 0.6) is 0 Å². The maximum Gasteiger partial charge on any atom is -0.0126 e. The molecule has 0 N–H and O–H groups in total. The summed E-state index contributed by atoms with van der Waals surface area (Å²) < 4.78 is 0. The molecule has 125 valence electrons. The molecule has 1 radical (unpaired) electrons. The summed E-state index contributed by atoms with van der Waals surface area (Å²) in [7, 11) is 0. The summed E-state index contributed by atoms with van der Waals surface area (Å²) in [6.45, 7) is 23.4. The fourth-order valence-electron chi connectivity index (χ4n) is 3.41. The van der Waals surface area contributed by atoms with Crippen molar-refractivity contribution in [3.63, 3.8) is 0 Å². The van der Waals surface area contributed by atoms with Crippen LogP contribution in [0.25, 0.3) is 0 Å². The average Bonchev–Trinajstić information content (AvgIpc) is 2.31. The van der Waals surface area contributed by atoms with Gasteiger partial charge >= 0.3 is 0 Å². The minimum absolute atomic E-state index is 0.164. The van der Waals surface area contributed by atoms with Crippen LogP contribution >= 0.6 is 0 Å². The molecule has 1 aromatic rings. The van der Waals surface area contributed by atoms with Gasteiger partial charge in [0.1, 0.15) is 0 Å². The largest absolute Gasteiger partial charge is 0.0622 e. The van der Waals surface area contributed by atoms with Crippen LogP contribution in [0.2, 0.25) is 0 Å². The van der Waals surface area contributed by atoms with E-state index in [4.69, 9.17) is 0 Å². The molecule has 0 aliphatic heterocycles. The van der Waals surface area contributed by atoms with E-state index in [1.54, 1.807) is 11.1 Å². The van der Waals surface area contributed by atoms with Gasteiger partial charge in [0.2, 0.25) is 0 Å². The van der Waals surface area contributed by atoms with Crippen molar-refractivity contribution >= 4 is 0 Å². The summed E-state index contributed by atoms with van der Waals surface area (Å²) in [5.41, 5.74) is 6.70. The maximum atomic E-state index is 2.39. The van der Waals surface area contributed by atoms with Gasteiger partial charge in [-0.25, -0.2) is 0 Å². The maximum absolute atomic E-state index is 2.39. The first kappa shape index (κ1) is 19.3. The minimum Gasteiger partial charge on any atom is -0.0622 e. The van der Waals surface area contributed by atoms with E-state index in [0.717, 1.165) is 12.8 Å². The Labute approximate surface area is 139 Å². The van der Waals surface area contributed by atoms with Gasteiger partial charge in [0.05, 0.1) is 0 Å². The lowest BCUT2D eigenvalue weighted by Gasteiger charge is -2.38. The summed E-state index contributed by atoms with van der Waals surface area (Å²) in [5.74, 6) is 0. The first-order valence-corrected chi connectivity index (χ1v) is 8.75. The van der Waals surface area contributed by atoms with E-state index < -0.39 is 0 Å². The zero-order chi connectivity index (χ0) is 17.3. The molecule has 0 aromatic heterocycles. The van der Waals surface area contributed by atoms with Gasteiger partial charge in [-0.1, -0.05) is 81.4 Å². The van der Waals surface area contributed by atoms with Gasteiger partial charge in [0, 0.05) is 0 Å². The van der Waals surface area contributed by atoms with E-state index in [2.05, 4.69) is 87.8 Å². The molecule has 0 amide bonds. The normalized spacial score (nSPS) is 13.5. The highest BCUT2D eigenvalue weighted by Gasteiger charge is 2.33. The highest BCUT2D eigenvalue weighted by Crippen LogP contribution is 2.42. The Morgan fingerprint density at radius 2 is 1.23 bits per heavy atom. The Balaban J connectivity index is 3.76. The number of unbranched alkanes of at least 4 members (excludes halogenated alkanes) is 1. The molecule has 1 aromatic carbocycles. The standard InChI is InChI=1S/C22H37/c1-11-12-13-16-14-15-17(20(2,3)4)19(22(8,9)10)18(16)21(5,6)7/h11,14-15H,12-13H2,1-10H3. The monoisotopic (exact) mass is 301 g/mol. The van der Waals surface area contributed by atoms with Crippen LogP contribution in [0, 0.1) is 6.42 Å². The van der Waals surface area contributed by atoms with Gasteiger partial charge in [0.15, 0.2) is 0 Å². The molecule has 22 heavy (non-hydrogen) atoms. The Morgan fingerprint density at radius 3 is 1.59 bits per heavy atom. The smallest absolute Gasteiger partial charge is 0.0126 e. The Morgan fingerprint density at radius 1 is 0.727 bits per heavy atom. The van der Waals surface area contributed by atoms with Crippen molar-refractivity contribution in [3.8, 4) is 0 Å². The Kier molecular flexibility index (Phi) is 5.59. The van der Waals surface area contributed by atoms with Crippen molar-refractivity contribution in [3.05, 3.63) is 40.8 Å². The second kappa shape index (κ2) is 6.38. The van der Waals surface area contributed by atoms with Crippen LogP contribution in [0.3, 0.4) is 0 Å². The van der Waals surface area contributed by atoms with Crippen LogP contribution < -0.4 is 0 Å². The van der Waals surface area contributed by atoms with Crippen LogP contribution in [0.4, 0.5) is 0 Å². The predicted octanol–water partition coefficient (Wildman–Crippen LogP) is 6.74. The van der Waals surface area contributed by atoms with Crippen molar-refractivity contribution in [2.24, 2.45) is 0 Å². The van der Waals surface area contributed by atoms with Crippen molar-refractivity contribution < 1.29 is 0 Å². The molecule has 0 aliphatic carbocycles. The number of hydrogen-bond donors (Lipinski definition) is 0. The first-order valence-electron chi connectivity index (χ1n) is 8.75. The van der Waals surface area contributed by atoms with Gasteiger partial charge < -0.3 is 0 Å². The quantitative estimate of drug-likeness (QED) is 0.580. The highest BCUT2D eigenvalue weighted by atomic mass is 14.4. The van der Waals surface area contributed by atoms with Crippen molar-refractivity contribution in [2.45, 2.75) is 98.3 Å². The molecule has 0 spiro atoms. The fourth-order valence-corrected chi connectivity index (χ4v) is 3.41. The van der Waals surface area contributed by atoms with Crippen molar-refractivity contribution in [1.29, 1.82) is 0 Å². The lowest BCUT2D eigenvalue weighted by molar-refractivity contribution is 0.493. The van der Waals surface area contributed by atoms with E-state index in [1.807, 2.05) is 0 Å². The topological polar surface area (TPSA) is 0 Å². The molecule has 0 fully saturated rings. The van der Waals surface area contributed by atoms with Crippen molar-refractivity contribution in [2.75, 3.05) is 0 Å². The SMILES string of the molecule is C[CH]CCc1ccc(C(C)(C)C)c(C(C)(C)C)c1C(C)(C)C. The third kappa shape index (κ3) is 4.37. The summed E-state index contributed by atoms with van der Waals surface area (Å²) in [5, 5.41) is 0. The van der Waals surface area contributed by atoms with E-state index in [1.165, 1.54) is 11.1 Å². The fraction of sp³-hybridized carbons (Fsp3) is 0.682. The lowest BCUT2D eigenvalue weighted by atomic mass is 9.67. The molecule has 0 heteroatoms.